The average molecular weight is 278 g/mol. The monoisotopic (exact) mass is 278 g/mol. The van der Waals surface area contributed by atoms with Crippen LogP contribution in [0, 0.1) is 0 Å². The number of benzene rings is 1. The van der Waals surface area contributed by atoms with Crippen LogP contribution in [0.15, 0.2) is 33.6 Å². The van der Waals surface area contributed by atoms with Gasteiger partial charge < -0.3 is 20.1 Å². The molecule has 0 bridgehead atoms. The van der Waals surface area contributed by atoms with Gasteiger partial charge in [0, 0.05) is 12.0 Å². The zero-order valence-corrected chi connectivity index (χ0v) is 10.8. The quantitative estimate of drug-likeness (QED) is 0.736. The molecular formula is C13H14N2O5. The Morgan fingerprint density at radius 1 is 1.45 bits per heavy atom. The number of H-pyrrole nitrogens is 1. The van der Waals surface area contributed by atoms with Gasteiger partial charge in [0.1, 0.15) is 11.8 Å². The third-order valence-electron chi connectivity index (χ3n) is 2.91. The van der Waals surface area contributed by atoms with Gasteiger partial charge in [0.15, 0.2) is 0 Å². The molecule has 106 valence electrons. The minimum atomic E-state index is -1.17. The van der Waals surface area contributed by atoms with E-state index < -0.39 is 17.6 Å². The van der Waals surface area contributed by atoms with Crippen molar-refractivity contribution in [3.63, 3.8) is 0 Å². The van der Waals surface area contributed by atoms with Gasteiger partial charge in [-0.3, -0.25) is 4.79 Å². The fourth-order valence-electron chi connectivity index (χ4n) is 1.81. The van der Waals surface area contributed by atoms with Gasteiger partial charge in [-0.05, 0) is 24.3 Å². The summed E-state index contributed by atoms with van der Waals surface area (Å²) >= 11 is 0. The summed E-state index contributed by atoms with van der Waals surface area (Å²) in [6.07, 6.45) is -0.109. The highest BCUT2D eigenvalue weighted by Crippen LogP contribution is 2.23. The van der Waals surface area contributed by atoms with Crippen molar-refractivity contribution in [2.24, 2.45) is 5.73 Å². The molecule has 1 aromatic carbocycles. The Balaban J connectivity index is 2.37. The van der Waals surface area contributed by atoms with Gasteiger partial charge in [-0.15, -0.1) is 0 Å². The first-order valence-corrected chi connectivity index (χ1v) is 5.86. The number of ether oxygens (including phenoxy) is 1. The first-order chi connectivity index (χ1) is 9.52. The number of carbonyl (C=O) groups is 1. The minimum Gasteiger partial charge on any atom is -0.497 e. The van der Waals surface area contributed by atoms with Crippen molar-refractivity contribution in [1.82, 2.24) is 5.16 Å². The van der Waals surface area contributed by atoms with Crippen molar-refractivity contribution in [1.29, 1.82) is 0 Å². The molecule has 1 atom stereocenters. The molecule has 0 amide bonds. The first kappa shape index (κ1) is 13.9. The molecule has 0 saturated heterocycles. The molecule has 20 heavy (non-hydrogen) atoms. The molecule has 0 saturated carbocycles. The lowest BCUT2D eigenvalue weighted by Gasteiger charge is -2.06. The third-order valence-corrected chi connectivity index (χ3v) is 2.91. The lowest BCUT2D eigenvalue weighted by atomic mass is 10.0. The number of hydrogen-bond acceptors (Lipinski definition) is 5. The molecular weight excluding hydrogens is 264 g/mol. The number of carboxylic acid groups (broad SMARTS) is 1. The van der Waals surface area contributed by atoms with Gasteiger partial charge in [0.2, 0.25) is 0 Å². The summed E-state index contributed by atoms with van der Waals surface area (Å²) in [5, 5.41) is 11.3. The normalized spacial score (nSPS) is 12.1. The Morgan fingerprint density at radius 3 is 2.65 bits per heavy atom. The van der Waals surface area contributed by atoms with Gasteiger partial charge >= 0.3 is 11.6 Å². The summed E-state index contributed by atoms with van der Waals surface area (Å²) < 4.78 is 9.77. The molecule has 0 aliphatic carbocycles. The molecule has 2 aromatic rings. The maximum atomic E-state index is 11.6. The third kappa shape index (κ3) is 2.72. The Kier molecular flexibility index (Phi) is 3.90. The molecule has 0 spiro atoms. The summed E-state index contributed by atoms with van der Waals surface area (Å²) in [5.74, 6) is -0.505. The molecule has 7 nitrogen and oxygen atoms in total. The maximum absolute atomic E-state index is 11.6. The number of methoxy groups -OCH3 is 1. The van der Waals surface area contributed by atoms with Crippen LogP contribution in [0.25, 0.3) is 11.3 Å². The summed E-state index contributed by atoms with van der Waals surface area (Å²) in [6, 6.07) is 5.75. The van der Waals surface area contributed by atoms with Crippen LogP contribution < -0.4 is 16.1 Å². The van der Waals surface area contributed by atoms with Crippen LogP contribution in [0.4, 0.5) is 0 Å². The number of nitrogens with one attached hydrogen (secondary N) is 1. The van der Waals surface area contributed by atoms with E-state index >= 15 is 0 Å². The van der Waals surface area contributed by atoms with Crippen molar-refractivity contribution in [3.05, 3.63) is 40.2 Å². The van der Waals surface area contributed by atoms with Crippen molar-refractivity contribution in [2.75, 3.05) is 7.11 Å². The predicted octanol–water partition coefficient (Wildman–Crippen LogP) is 0.598. The zero-order chi connectivity index (χ0) is 14.7. The van der Waals surface area contributed by atoms with Gasteiger partial charge in [-0.2, -0.15) is 0 Å². The molecule has 2 rings (SSSR count). The lowest BCUT2D eigenvalue weighted by molar-refractivity contribution is -0.138. The number of carboxylic acids is 1. The van der Waals surface area contributed by atoms with Crippen molar-refractivity contribution in [2.45, 2.75) is 12.5 Å². The van der Waals surface area contributed by atoms with E-state index in [1.54, 1.807) is 31.4 Å². The largest absolute Gasteiger partial charge is 0.497 e. The fourth-order valence-corrected chi connectivity index (χ4v) is 1.81. The van der Waals surface area contributed by atoms with E-state index in [1.807, 2.05) is 0 Å². The van der Waals surface area contributed by atoms with Crippen molar-refractivity contribution < 1.29 is 19.2 Å². The van der Waals surface area contributed by atoms with Crippen LogP contribution in [-0.2, 0) is 11.2 Å². The average Bonchev–Trinajstić information content (AvgIpc) is 2.80. The Labute approximate surface area is 113 Å². The van der Waals surface area contributed by atoms with Crippen LogP contribution in [0.1, 0.15) is 5.56 Å². The molecule has 0 aliphatic heterocycles. The van der Waals surface area contributed by atoms with E-state index in [-0.39, 0.29) is 12.0 Å². The highest BCUT2D eigenvalue weighted by Gasteiger charge is 2.20. The Hall–Kier alpha value is -2.54. The van der Waals surface area contributed by atoms with Crippen LogP contribution in [0.3, 0.4) is 0 Å². The molecule has 0 aliphatic rings. The van der Waals surface area contributed by atoms with Crippen LogP contribution >= 0.6 is 0 Å². The molecule has 1 heterocycles. The number of aliphatic carboxylic acids is 1. The highest BCUT2D eigenvalue weighted by molar-refractivity contribution is 5.74. The van der Waals surface area contributed by atoms with E-state index in [0.29, 0.717) is 17.0 Å². The van der Waals surface area contributed by atoms with E-state index in [0.717, 1.165) is 0 Å². The smallest absolute Gasteiger partial charge is 0.361 e. The molecule has 0 fully saturated rings. The number of nitrogens with two attached hydrogens (primary N) is 1. The van der Waals surface area contributed by atoms with Crippen molar-refractivity contribution in [3.8, 4) is 17.0 Å². The van der Waals surface area contributed by atoms with E-state index in [2.05, 4.69) is 5.16 Å². The molecule has 1 aromatic heterocycles. The predicted molar refractivity (Wildman–Crippen MR) is 70.6 cm³/mol. The standard InChI is InChI=1S/C13H14N2O5/c1-19-8-4-2-7(3-5-8)11-9(13(18)20-15-11)6-10(14)12(16)17/h2-5,10,15H,6,14H2,1H3,(H,16,17). The number of rotatable bonds is 5. The first-order valence-electron chi connectivity index (χ1n) is 5.86. The summed E-state index contributed by atoms with van der Waals surface area (Å²) in [5.41, 5.74) is 6.16. The van der Waals surface area contributed by atoms with Gasteiger partial charge in [-0.25, -0.2) is 9.95 Å². The molecule has 4 N–H and O–H groups in total. The van der Waals surface area contributed by atoms with E-state index in [1.165, 1.54) is 0 Å². The summed E-state index contributed by atoms with van der Waals surface area (Å²) in [7, 11) is 1.55. The molecule has 7 heteroatoms. The van der Waals surface area contributed by atoms with Crippen molar-refractivity contribution >= 4 is 5.97 Å². The maximum Gasteiger partial charge on any atom is 0.361 e. The second-order valence-electron chi connectivity index (χ2n) is 4.22. The molecule has 0 radical (unpaired) electrons. The van der Waals surface area contributed by atoms with Gasteiger partial charge in [0.25, 0.3) is 0 Å². The fraction of sp³-hybridized carbons (Fsp3) is 0.231. The minimum absolute atomic E-state index is 0.109. The zero-order valence-electron chi connectivity index (χ0n) is 10.8. The van der Waals surface area contributed by atoms with Crippen LogP contribution in [0.2, 0.25) is 0 Å². The number of hydrogen-bond donors (Lipinski definition) is 3. The Bertz CT molecular complexity index is 656. The SMILES string of the molecule is COc1ccc(-c2[nH]oc(=O)c2CC(N)C(=O)O)cc1. The number of aromatic amines is 1. The van der Waals surface area contributed by atoms with E-state index in [4.69, 9.17) is 20.1 Å². The van der Waals surface area contributed by atoms with Crippen LogP contribution in [-0.4, -0.2) is 29.4 Å². The van der Waals surface area contributed by atoms with Gasteiger partial charge in [-0.1, -0.05) is 0 Å². The summed E-state index contributed by atoms with van der Waals surface area (Å²) in [4.78, 5) is 22.4. The topological polar surface area (TPSA) is 119 Å². The number of aromatic nitrogens is 1. The molecule has 1 unspecified atom stereocenters. The second-order valence-corrected chi connectivity index (χ2v) is 4.22. The van der Waals surface area contributed by atoms with Crippen LogP contribution in [0.5, 0.6) is 5.75 Å². The highest BCUT2D eigenvalue weighted by atomic mass is 16.5. The second kappa shape index (κ2) is 5.62. The Morgan fingerprint density at radius 2 is 2.10 bits per heavy atom. The lowest BCUT2D eigenvalue weighted by Crippen LogP contribution is -2.33. The summed E-state index contributed by atoms with van der Waals surface area (Å²) in [6.45, 7) is 0. The van der Waals surface area contributed by atoms with Gasteiger partial charge in [0.05, 0.1) is 18.4 Å². The van der Waals surface area contributed by atoms with E-state index in [9.17, 15) is 9.59 Å².